The molecule has 1 rings (SSSR count). The molecule has 0 amide bonds. The van der Waals surface area contributed by atoms with Crippen molar-refractivity contribution in [1.29, 1.82) is 0 Å². The van der Waals surface area contributed by atoms with E-state index in [1.54, 1.807) is 0 Å². The smallest absolute Gasteiger partial charge is 0.189 e. The van der Waals surface area contributed by atoms with Gasteiger partial charge in [-0.3, -0.25) is 4.48 Å². The van der Waals surface area contributed by atoms with Crippen LogP contribution in [0, 0.1) is 0 Å². The van der Waals surface area contributed by atoms with E-state index in [0.29, 0.717) is 0 Å². The Labute approximate surface area is 175 Å². The number of hydrogen-bond donors (Lipinski definition) is 1. The zero-order valence-electron chi connectivity index (χ0n) is 19.2. The van der Waals surface area contributed by atoms with E-state index in [1.807, 2.05) is 13.1 Å². The SMILES string of the molecule is CCC/C=C/CCCCCCCCCCCCCC1N=CC[N+]1(CC)C(C)O. The fraction of sp³-hybridized carbons (Fsp3) is 0.880. The Kier molecular flexibility index (Phi) is 14.6. The van der Waals surface area contributed by atoms with Crippen LogP contribution in [-0.4, -0.2) is 41.3 Å². The van der Waals surface area contributed by atoms with Crippen LogP contribution in [-0.2, 0) is 0 Å². The summed E-state index contributed by atoms with van der Waals surface area (Å²) in [5.41, 5.74) is 0. The molecule has 0 bridgehead atoms. The fourth-order valence-electron chi connectivity index (χ4n) is 4.50. The molecule has 1 aliphatic heterocycles. The monoisotopic (exact) mass is 393 g/mol. The third kappa shape index (κ3) is 9.69. The van der Waals surface area contributed by atoms with Crippen LogP contribution in [0.1, 0.15) is 117 Å². The molecule has 0 aliphatic carbocycles. The number of nitrogens with zero attached hydrogens (tertiary/aromatic N) is 2. The third-order valence-corrected chi connectivity index (χ3v) is 6.58. The molecule has 3 heteroatoms. The molecule has 0 saturated carbocycles. The number of allylic oxidation sites excluding steroid dienone is 2. The maximum atomic E-state index is 10.2. The highest BCUT2D eigenvalue weighted by molar-refractivity contribution is 5.60. The Hall–Kier alpha value is -0.670. The van der Waals surface area contributed by atoms with E-state index >= 15 is 0 Å². The second-order valence-corrected chi connectivity index (χ2v) is 8.77. The molecule has 1 N–H and O–H groups in total. The number of aliphatic imine (C=N–C) groups is 1. The summed E-state index contributed by atoms with van der Waals surface area (Å²) in [6.45, 7) is 8.21. The number of quaternary nitrogens is 1. The molecule has 3 unspecified atom stereocenters. The molecule has 3 atom stereocenters. The minimum absolute atomic E-state index is 0.284. The van der Waals surface area contributed by atoms with Gasteiger partial charge in [-0.25, -0.2) is 4.99 Å². The van der Waals surface area contributed by atoms with Crippen molar-refractivity contribution in [2.24, 2.45) is 4.99 Å². The quantitative estimate of drug-likeness (QED) is 0.152. The number of aliphatic hydroxyl groups excluding tert-OH is 1. The molecule has 0 aromatic heterocycles. The van der Waals surface area contributed by atoms with Crippen molar-refractivity contribution in [3.8, 4) is 0 Å². The maximum absolute atomic E-state index is 10.2. The first kappa shape index (κ1) is 25.4. The van der Waals surface area contributed by atoms with Crippen LogP contribution in [0.15, 0.2) is 17.1 Å². The van der Waals surface area contributed by atoms with Crippen LogP contribution in [0.5, 0.6) is 0 Å². The van der Waals surface area contributed by atoms with Gasteiger partial charge in [0.1, 0.15) is 6.54 Å². The van der Waals surface area contributed by atoms with Gasteiger partial charge in [0.05, 0.1) is 12.8 Å². The highest BCUT2D eigenvalue weighted by Crippen LogP contribution is 2.26. The Balaban J connectivity index is 1.89. The minimum atomic E-state index is -0.310. The van der Waals surface area contributed by atoms with E-state index in [0.717, 1.165) is 24.0 Å². The molecular weight excluding hydrogens is 344 g/mol. The molecule has 164 valence electrons. The van der Waals surface area contributed by atoms with Crippen molar-refractivity contribution in [1.82, 2.24) is 0 Å². The minimum Gasteiger partial charge on any atom is -0.345 e. The van der Waals surface area contributed by atoms with Gasteiger partial charge in [0, 0.05) is 13.3 Å². The molecule has 0 fully saturated rings. The zero-order valence-corrected chi connectivity index (χ0v) is 19.2. The summed E-state index contributed by atoms with van der Waals surface area (Å²) in [5, 5.41) is 10.2. The summed E-state index contributed by atoms with van der Waals surface area (Å²) in [4.78, 5) is 4.67. The van der Waals surface area contributed by atoms with E-state index in [-0.39, 0.29) is 12.4 Å². The molecule has 1 aliphatic rings. The Morgan fingerprint density at radius 2 is 1.43 bits per heavy atom. The summed E-state index contributed by atoms with van der Waals surface area (Å²) in [6.07, 6.45) is 26.8. The molecule has 0 spiro atoms. The van der Waals surface area contributed by atoms with Crippen LogP contribution in [0.3, 0.4) is 0 Å². The molecule has 28 heavy (non-hydrogen) atoms. The molecule has 0 saturated heterocycles. The summed E-state index contributed by atoms with van der Waals surface area (Å²) in [7, 11) is 0. The van der Waals surface area contributed by atoms with Crippen molar-refractivity contribution < 1.29 is 9.59 Å². The normalized spacial score (nSPS) is 23.1. The van der Waals surface area contributed by atoms with Gasteiger partial charge in [-0.1, -0.05) is 83.3 Å². The molecule has 3 nitrogen and oxygen atoms in total. The lowest BCUT2D eigenvalue weighted by molar-refractivity contribution is -0.976. The Morgan fingerprint density at radius 3 is 1.96 bits per heavy atom. The largest absolute Gasteiger partial charge is 0.345 e. The van der Waals surface area contributed by atoms with Crippen molar-refractivity contribution >= 4 is 6.21 Å². The van der Waals surface area contributed by atoms with Crippen LogP contribution in [0.25, 0.3) is 0 Å². The molecule has 1 heterocycles. The molecule has 0 aromatic carbocycles. The van der Waals surface area contributed by atoms with Crippen molar-refractivity contribution in [2.45, 2.75) is 129 Å². The summed E-state index contributed by atoms with van der Waals surface area (Å²) in [6, 6.07) is 0. The second-order valence-electron chi connectivity index (χ2n) is 8.77. The van der Waals surface area contributed by atoms with Crippen LogP contribution in [0.2, 0.25) is 0 Å². The second kappa shape index (κ2) is 16.2. The lowest BCUT2D eigenvalue weighted by Gasteiger charge is -2.40. The molecule has 0 radical (unpaired) electrons. The third-order valence-electron chi connectivity index (χ3n) is 6.58. The lowest BCUT2D eigenvalue weighted by Crippen LogP contribution is -2.57. The van der Waals surface area contributed by atoms with Crippen LogP contribution in [0.4, 0.5) is 0 Å². The fourth-order valence-corrected chi connectivity index (χ4v) is 4.50. The summed E-state index contributed by atoms with van der Waals surface area (Å²) in [5.74, 6) is 0. The number of aliphatic hydroxyl groups is 1. The summed E-state index contributed by atoms with van der Waals surface area (Å²) < 4.78 is 0.745. The first-order chi connectivity index (χ1) is 13.7. The van der Waals surface area contributed by atoms with Gasteiger partial charge in [-0.15, -0.1) is 0 Å². The lowest BCUT2D eigenvalue weighted by atomic mass is 10.0. The van der Waals surface area contributed by atoms with Gasteiger partial charge in [-0.05, 0) is 32.6 Å². The van der Waals surface area contributed by atoms with Crippen molar-refractivity contribution in [3.63, 3.8) is 0 Å². The van der Waals surface area contributed by atoms with E-state index in [1.165, 1.54) is 89.9 Å². The first-order valence-corrected chi connectivity index (χ1v) is 12.4. The summed E-state index contributed by atoms with van der Waals surface area (Å²) >= 11 is 0. The van der Waals surface area contributed by atoms with Crippen molar-refractivity contribution in [2.75, 3.05) is 13.1 Å². The van der Waals surface area contributed by atoms with Gasteiger partial charge < -0.3 is 5.11 Å². The number of rotatable bonds is 18. The topological polar surface area (TPSA) is 32.6 Å². The van der Waals surface area contributed by atoms with E-state index in [4.69, 9.17) is 0 Å². The first-order valence-electron chi connectivity index (χ1n) is 12.4. The van der Waals surface area contributed by atoms with Crippen molar-refractivity contribution in [3.05, 3.63) is 12.2 Å². The maximum Gasteiger partial charge on any atom is 0.189 e. The van der Waals surface area contributed by atoms with E-state index in [9.17, 15) is 5.11 Å². The predicted octanol–water partition coefficient (Wildman–Crippen LogP) is 7.00. The zero-order chi connectivity index (χ0) is 20.5. The Bertz CT molecular complexity index is 419. The Morgan fingerprint density at radius 1 is 0.893 bits per heavy atom. The van der Waals surface area contributed by atoms with Gasteiger partial charge in [-0.2, -0.15) is 0 Å². The van der Waals surface area contributed by atoms with E-state index in [2.05, 4.69) is 31.0 Å². The van der Waals surface area contributed by atoms with Gasteiger partial charge in [0.2, 0.25) is 0 Å². The molecular formula is C25H49N2O+. The van der Waals surface area contributed by atoms with Gasteiger partial charge in [0.25, 0.3) is 0 Å². The predicted molar refractivity (Wildman–Crippen MR) is 124 cm³/mol. The standard InChI is InChI=1S/C25H49N2O/c1-4-6-7-8-9-10-11-12-13-14-15-16-17-18-19-20-21-25-26-22-23-27(25,5-2)24(3)28/h7-8,22,24-25,28H,4-6,9-21,23H2,1-3H3/q+1/b8-7+. The van der Waals surface area contributed by atoms with Gasteiger partial charge in [0.15, 0.2) is 12.4 Å². The highest BCUT2D eigenvalue weighted by atomic mass is 16.3. The van der Waals surface area contributed by atoms with E-state index < -0.39 is 0 Å². The van der Waals surface area contributed by atoms with Crippen LogP contribution >= 0.6 is 0 Å². The molecule has 0 aromatic rings. The highest BCUT2D eigenvalue weighted by Gasteiger charge is 2.41. The van der Waals surface area contributed by atoms with Gasteiger partial charge >= 0.3 is 0 Å². The average Bonchev–Trinajstić information content (AvgIpc) is 3.12. The average molecular weight is 394 g/mol. The number of hydrogen-bond acceptors (Lipinski definition) is 2. The number of unbranched alkanes of at least 4 members (excludes halogenated alkanes) is 12. The van der Waals surface area contributed by atoms with Crippen LogP contribution < -0.4 is 0 Å².